The maximum atomic E-state index is 11.9. The quantitative estimate of drug-likeness (QED) is 0.632. The van der Waals surface area contributed by atoms with Gasteiger partial charge in [0.25, 0.3) is 0 Å². The Bertz CT molecular complexity index is 891. The van der Waals surface area contributed by atoms with E-state index in [-0.39, 0.29) is 36.0 Å². The SMILES string of the molecule is COC(=O)c1cc(O)c(OCc2ccccc2)c(OCc2ccccc2)c1. The van der Waals surface area contributed by atoms with E-state index >= 15 is 0 Å². The van der Waals surface area contributed by atoms with Gasteiger partial charge in [-0.05, 0) is 23.3 Å². The smallest absolute Gasteiger partial charge is 0.338 e. The molecule has 0 fully saturated rings. The van der Waals surface area contributed by atoms with Crippen molar-refractivity contribution in [2.45, 2.75) is 13.2 Å². The van der Waals surface area contributed by atoms with E-state index in [0.29, 0.717) is 0 Å². The summed E-state index contributed by atoms with van der Waals surface area (Å²) in [6.45, 7) is 0.528. The van der Waals surface area contributed by atoms with Crippen molar-refractivity contribution in [2.24, 2.45) is 0 Å². The fraction of sp³-hybridized carbons (Fsp3) is 0.136. The molecule has 0 bridgehead atoms. The first-order valence-corrected chi connectivity index (χ1v) is 8.46. The van der Waals surface area contributed by atoms with Crippen LogP contribution in [-0.4, -0.2) is 18.2 Å². The molecule has 0 unspecified atom stereocenters. The van der Waals surface area contributed by atoms with E-state index in [2.05, 4.69) is 0 Å². The van der Waals surface area contributed by atoms with Gasteiger partial charge in [-0.3, -0.25) is 0 Å². The molecule has 0 saturated carbocycles. The summed E-state index contributed by atoms with van der Waals surface area (Å²) in [7, 11) is 1.28. The third-order valence-electron chi connectivity index (χ3n) is 3.92. The topological polar surface area (TPSA) is 65.0 Å². The molecule has 5 nitrogen and oxygen atoms in total. The van der Waals surface area contributed by atoms with Gasteiger partial charge in [0, 0.05) is 0 Å². The highest BCUT2D eigenvalue weighted by Gasteiger charge is 2.18. The minimum Gasteiger partial charge on any atom is -0.504 e. The van der Waals surface area contributed by atoms with Crippen molar-refractivity contribution in [3.05, 3.63) is 89.5 Å². The van der Waals surface area contributed by atoms with Crippen molar-refractivity contribution < 1.29 is 24.1 Å². The van der Waals surface area contributed by atoms with Gasteiger partial charge in [0.2, 0.25) is 5.75 Å². The van der Waals surface area contributed by atoms with Gasteiger partial charge in [-0.15, -0.1) is 0 Å². The highest BCUT2D eigenvalue weighted by atomic mass is 16.5. The minimum absolute atomic E-state index is 0.183. The van der Waals surface area contributed by atoms with Crippen molar-refractivity contribution in [2.75, 3.05) is 7.11 Å². The first kappa shape index (κ1) is 18.3. The third kappa shape index (κ3) is 4.79. The molecular weight excluding hydrogens is 344 g/mol. The van der Waals surface area contributed by atoms with E-state index < -0.39 is 5.97 Å². The molecule has 0 aromatic heterocycles. The minimum atomic E-state index is -0.565. The van der Waals surface area contributed by atoms with Crippen molar-refractivity contribution >= 4 is 5.97 Å². The van der Waals surface area contributed by atoms with Crippen LogP contribution in [0.1, 0.15) is 21.5 Å². The summed E-state index contributed by atoms with van der Waals surface area (Å²) in [5, 5.41) is 10.4. The Labute approximate surface area is 157 Å². The van der Waals surface area contributed by atoms with Crippen LogP contribution in [0.15, 0.2) is 72.8 Å². The first-order valence-electron chi connectivity index (χ1n) is 8.46. The van der Waals surface area contributed by atoms with E-state index in [0.717, 1.165) is 11.1 Å². The number of ether oxygens (including phenoxy) is 3. The van der Waals surface area contributed by atoms with Crippen molar-refractivity contribution in [3.63, 3.8) is 0 Å². The number of methoxy groups -OCH3 is 1. The Kier molecular flexibility index (Phi) is 5.94. The molecule has 0 aliphatic rings. The van der Waals surface area contributed by atoms with Crippen LogP contribution in [0.4, 0.5) is 0 Å². The molecule has 0 amide bonds. The standard InChI is InChI=1S/C22H20O5/c1-25-22(24)18-12-19(23)21(27-15-17-10-6-3-7-11-17)20(13-18)26-14-16-8-4-2-5-9-16/h2-13,23H,14-15H2,1H3. The van der Waals surface area contributed by atoms with Crippen molar-refractivity contribution in [1.29, 1.82) is 0 Å². The number of phenolic OH excluding ortho intramolecular Hbond substituents is 1. The van der Waals surface area contributed by atoms with Crippen molar-refractivity contribution in [3.8, 4) is 17.2 Å². The zero-order valence-corrected chi connectivity index (χ0v) is 14.9. The first-order chi connectivity index (χ1) is 13.2. The van der Waals surface area contributed by atoms with Crippen LogP contribution in [0.3, 0.4) is 0 Å². The lowest BCUT2D eigenvalue weighted by Gasteiger charge is -2.15. The molecule has 0 saturated heterocycles. The number of rotatable bonds is 7. The highest BCUT2D eigenvalue weighted by Crippen LogP contribution is 2.39. The predicted octanol–water partition coefficient (Wildman–Crippen LogP) is 4.34. The summed E-state index contributed by atoms with van der Waals surface area (Å²) in [5.74, 6) is -0.293. The summed E-state index contributed by atoms with van der Waals surface area (Å²) in [6.07, 6.45) is 0. The molecule has 0 spiro atoms. The zero-order valence-electron chi connectivity index (χ0n) is 14.9. The Morgan fingerprint density at radius 1 is 0.852 bits per heavy atom. The Balaban J connectivity index is 1.86. The van der Waals surface area contributed by atoms with Crippen molar-refractivity contribution in [1.82, 2.24) is 0 Å². The van der Waals surface area contributed by atoms with Gasteiger partial charge < -0.3 is 19.3 Å². The van der Waals surface area contributed by atoms with Crippen LogP contribution in [0, 0.1) is 0 Å². The molecule has 5 heteroatoms. The number of aromatic hydroxyl groups is 1. The largest absolute Gasteiger partial charge is 0.504 e. The second-order valence-corrected chi connectivity index (χ2v) is 5.86. The van der Waals surface area contributed by atoms with Crippen LogP contribution in [0.25, 0.3) is 0 Å². The Hall–Kier alpha value is -3.47. The van der Waals surface area contributed by atoms with Crippen LogP contribution in [-0.2, 0) is 18.0 Å². The van der Waals surface area contributed by atoms with Gasteiger partial charge in [-0.2, -0.15) is 0 Å². The van der Waals surface area contributed by atoms with E-state index in [4.69, 9.17) is 14.2 Å². The number of phenols is 1. The van der Waals surface area contributed by atoms with Gasteiger partial charge in [0.05, 0.1) is 12.7 Å². The fourth-order valence-corrected chi connectivity index (χ4v) is 2.54. The van der Waals surface area contributed by atoms with E-state index in [1.807, 2.05) is 60.7 Å². The lowest BCUT2D eigenvalue weighted by Crippen LogP contribution is -2.05. The van der Waals surface area contributed by atoms with E-state index in [1.54, 1.807) is 0 Å². The fourth-order valence-electron chi connectivity index (χ4n) is 2.54. The summed E-state index contributed by atoms with van der Waals surface area (Å²) in [6, 6.07) is 22.0. The Morgan fingerprint density at radius 3 is 1.96 bits per heavy atom. The molecule has 0 aliphatic carbocycles. The molecule has 0 heterocycles. The molecule has 27 heavy (non-hydrogen) atoms. The number of esters is 1. The summed E-state index contributed by atoms with van der Waals surface area (Å²) >= 11 is 0. The maximum absolute atomic E-state index is 11.9. The van der Waals surface area contributed by atoms with Crippen LogP contribution >= 0.6 is 0 Å². The average molecular weight is 364 g/mol. The molecule has 1 N–H and O–H groups in total. The summed E-state index contributed by atoms with van der Waals surface area (Å²) in [4.78, 5) is 11.9. The van der Waals surface area contributed by atoms with Gasteiger partial charge in [-0.1, -0.05) is 60.7 Å². The number of carbonyl (C=O) groups is 1. The predicted molar refractivity (Wildman–Crippen MR) is 101 cm³/mol. The molecule has 0 aliphatic heterocycles. The van der Waals surface area contributed by atoms with Crippen LogP contribution < -0.4 is 9.47 Å². The summed E-state index contributed by atoms with van der Waals surface area (Å²) in [5.41, 5.74) is 2.09. The average Bonchev–Trinajstić information content (AvgIpc) is 2.72. The van der Waals surface area contributed by atoms with Gasteiger partial charge in [0.1, 0.15) is 13.2 Å². The molecule has 3 rings (SSSR count). The second-order valence-electron chi connectivity index (χ2n) is 5.86. The highest BCUT2D eigenvalue weighted by molar-refractivity contribution is 5.91. The molecule has 3 aromatic carbocycles. The molecule has 3 aromatic rings. The van der Waals surface area contributed by atoms with E-state index in [1.165, 1.54) is 19.2 Å². The van der Waals surface area contributed by atoms with Crippen LogP contribution in [0.2, 0.25) is 0 Å². The van der Waals surface area contributed by atoms with Gasteiger partial charge in [0.15, 0.2) is 11.5 Å². The molecule has 0 atom stereocenters. The number of hydrogen-bond donors (Lipinski definition) is 1. The van der Waals surface area contributed by atoms with Gasteiger partial charge in [-0.25, -0.2) is 4.79 Å². The molecule has 0 radical (unpaired) electrons. The van der Waals surface area contributed by atoms with Gasteiger partial charge >= 0.3 is 5.97 Å². The van der Waals surface area contributed by atoms with E-state index in [9.17, 15) is 9.90 Å². The summed E-state index contributed by atoms with van der Waals surface area (Å²) < 4.78 is 16.4. The third-order valence-corrected chi connectivity index (χ3v) is 3.92. The van der Waals surface area contributed by atoms with Crippen LogP contribution in [0.5, 0.6) is 17.2 Å². The normalized spacial score (nSPS) is 10.3. The lowest BCUT2D eigenvalue weighted by atomic mass is 10.1. The molecule has 138 valence electrons. The number of benzene rings is 3. The number of hydrogen-bond acceptors (Lipinski definition) is 5. The molecular formula is C22H20O5. The number of carbonyl (C=O) groups excluding carboxylic acids is 1. The zero-order chi connectivity index (χ0) is 19.1. The lowest BCUT2D eigenvalue weighted by molar-refractivity contribution is 0.0599. The maximum Gasteiger partial charge on any atom is 0.338 e. The monoisotopic (exact) mass is 364 g/mol. The second kappa shape index (κ2) is 8.76. The Morgan fingerprint density at radius 2 is 1.41 bits per heavy atom.